The van der Waals surface area contributed by atoms with Gasteiger partial charge in [-0.2, -0.15) is 0 Å². The Morgan fingerprint density at radius 3 is 2.44 bits per heavy atom. The molecule has 1 N–H and O–H groups in total. The van der Waals surface area contributed by atoms with Crippen LogP contribution >= 0.6 is 11.3 Å². The predicted octanol–water partition coefficient (Wildman–Crippen LogP) is 4.67. The van der Waals surface area contributed by atoms with E-state index in [0.29, 0.717) is 5.92 Å². The number of aromatic nitrogens is 1. The summed E-state index contributed by atoms with van der Waals surface area (Å²) in [4.78, 5) is 4.88. The summed E-state index contributed by atoms with van der Waals surface area (Å²) in [5.41, 5.74) is 1.34. The van der Waals surface area contributed by atoms with Gasteiger partial charge in [-0.25, -0.2) is 4.98 Å². The van der Waals surface area contributed by atoms with Gasteiger partial charge in [0, 0.05) is 5.38 Å². The summed E-state index contributed by atoms with van der Waals surface area (Å²) in [6.07, 6.45) is 4.66. The number of thiazole rings is 1. The van der Waals surface area contributed by atoms with Crippen molar-refractivity contribution >= 4 is 11.3 Å². The fourth-order valence-electron chi connectivity index (χ4n) is 2.29. The van der Waals surface area contributed by atoms with E-state index in [1.54, 1.807) is 0 Å². The molecule has 3 heteroatoms. The van der Waals surface area contributed by atoms with E-state index in [9.17, 15) is 0 Å². The van der Waals surface area contributed by atoms with Gasteiger partial charge >= 0.3 is 0 Å². The third-order valence-electron chi connectivity index (χ3n) is 3.52. The van der Waals surface area contributed by atoms with Crippen molar-refractivity contribution in [2.24, 2.45) is 0 Å². The van der Waals surface area contributed by atoms with Gasteiger partial charge in [0.2, 0.25) is 0 Å². The highest BCUT2D eigenvalue weighted by Gasteiger charge is 2.31. The normalized spacial score (nSPS) is 15.0. The van der Waals surface area contributed by atoms with Crippen molar-refractivity contribution in [3.05, 3.63) is 16.1 Å². The third kappa shape index (κ3) is 3.55. The van der Waals surface area contributed by atoms with Crippen LogP contribution in [0.3, 0.4) is 0 Å². The van der Waals surface area contributed by atoms with Crippen LogP contribution in [0, 0.1) is 0 Å². The molecule has 1 unspecified atom stereocenters. The predicted molar refractivity (Wildman–Crippen MR) is 81.4 cm³/mol. The Bertz CT molecular complexity index is 346. The Labute approximate surface area is 116 Å². The average molecular weight is 268 g/mol. The lowest BCUT2D eigenvalue weighted by atomic mass is 9.91. The van der Waals surface area contributed by atoms with Crippen LogP contribution in [0.2, 0.25) is 0 Å². The van der Waals surface area contributed by atoms with Crippen LogP contribution in [0.15, 0.2) is 5.38 Å². The molecule has 104 valence electrons. The first-order valence-electron chi connectivity index (χ1n) is 7.30. The molecule has 18 heavy (non-hydrogen) atoms. The van der Waals surface area contributed by atoms with E-state index < -0.39 is 0 Å². The SMILES string of the molecule is CCCNC(CC)(CCC)c1nc(C(C)C)cs1. The molecule has 0 aliphatic carbocycles. The molecule has 0 aromatic carbocycles. The molecule has 1 atom stereocenters. The van der Waals surface area contributed by atoms with Crippen molar-refractivity contribution in [1.29, 1.82) is 0 Å². The van der Waals surface area contributed by atoms with Crippen molar-refractivity contribution in [2.75, 3.05) is 6.54 Å². The second kappa shape index (κ2) is 7.25. The summed E-state index contributed by atoms with van der Waals surface area (Å²) in [6.45, 7) is 12.3. The van der Waals surface area contributed by atoms with Gasteiger partial charge < -0.3 is 5.32 Å². The lowest BCUT2D eigenvalue weighted by molar-refractivity contribution is 0.293. The van der Waals surface area contributed by atoms with E-state index in [1.165, 1.54) is 30.0 Å². The first-order chi connectivity index (χ1) is 8.59. The first kappa shape index (κ1) is 15.6. The van der Waals surface area contributed by atoms with Gasteiger partial charge in [-0.3, -0.25) is 0 Å². The van der Waals surface area contributed by atoms with E-state index in [4.69, 9.17) is 4.98 Å². The smallest absolute Gasteiger partial charge is 0.113 e. The fourth-order valence-corrected chi connectivity index (χ4v) is 3.55. The van der Waals surface area contributed by atoms with Gasteiger partial charge in [-0.15, -0.1) is 11.3 Å². The molecule has 0 aliphatic heterocycles. The molecule has 1 rings (SSSR count). The minimum Gasteiger partial charge on any atom is -0.305 e. The zero-order valence-electron chi connectivity index (χ0n) is 12.5. The number of hydrogen-bond acceptors (Lipinski definition) is 3. The minimum absolute atomic E-state index is 0.0998. The van der Waals surface area contributed by atoms with E-state index in [1.807, 2.05) is 11.3 Å². The second-order valence-corrected chi connectivity index (χ2v) is 6.20. The van der Waals surface area contributed by atoms with Crippen LogP contribution < -0.4 is 5.32 Å². The quantitative estimate of drug-likeness (QED) is 0.741. The number of rotatable bonds is 8. The van der Waals surface area contributed by atoms with Crippen LogP contribution in [0.25, 0.3) is 0 Å². The minimum atomic E-state index is 0.0998. The zero-order chi connectivity index (χ0) is 13.6. The second-order valence-electron chi connectivity index (χ2n) is 5.34. The molecule has 0 spiro atoms. The molecule has 0 fully saturated rings. The third-order valence-corrected chi connectivity index (χ3v) is 4.58. The zero-order valence-corrected chi connectivity index (χ0v) is 13.4. The molecule has 0 bridgehead atoms. The molecule has 0 aliphatic rings. The van der Waals surface area contributed by atoms with E-state index in [2.05, 4.69) is 45.3 Å². The Balaban J connectivity index is 2.98. The molecule has 1 aromatic heterocycles. The van der Waals surface area contributed by atoms with Gasteiger partial charge in [-0.05, 0) is 31.7 Å². The fraction of sp³-hybridized carbons (Fsp3) is 0.800. The largest absolute Gasteiger partial charge is 0.305 e. The molecular formula is C15H28N2S. The van der Waals surface area contributed by atoms with Gasteiger partial charge in [0.15, 0.2) is 0 Å². The Kier molecular flexibility index (Phi) is 6.30. The lowest BCUT2D eigenvalue weighted by Gasteiger charge is -2.32. The summed E-state index contributed by atoms with van der Waals surface area (Å²) in [5, 5.41) is 7.26. The van der Waals surface area contributed by atoms with E-state index >= 15 is 0 Å². The van der Waals surface area contributed by atoms with E-state index in [0.717, 1.165) is 13.0 Å². The van der Waals surface area contributed by atoms with Gasteiger partial charge in [-0.1, -0.05) is 41.0 Å². The summed E-state index contributed by atoms with van der Waals surface area (Å²) < 4.78 is 0. The maximum absolute atomic E-state index is 4.88. The molecular weight excluding hydrogens is 240 g/mol. The van der Waals surface area contributed by atoms with Crippen molar-refractivity contribution in [1.82, 2.24) is 10.3 Å². The van der Waals surface area contributed by atoms with Crippen LogP contribution in [-0.4, -0.2) is 11.5 Å². The molecule has 0 saturated heterocycles. The van der Waals surface area contributed by atoms with Crippen LogP contribution in [0.5, 0.6) is 0 Å². The molecule has 0 amide bonds. The van der Waals surface area contributed by atoms with Gasteiger partial charge in [0.1, 0.15) is 5.01 Å². The molecule has 1 aromatic rings. The monoisotopic (exact) mass is 268 g/mol. The van der Waals surface area contributed by atoms with E-state index in [-0.39, 0.29) is 5.54 Å². The Morgan fingerprint density at radius 1 is 1.28 bits per heavy atom. The van der Waals surface area contributed by atoms with Crippen LogP contribution in [0.4, 0.5) is 0 Å². The van der Waals surface area contributed by atoms with Crippen molar-refractivity contribution < 1.29 is 0 Å². The topological polar surface area (TPSA) is 24.9 Å². The van der Waals surface area contributed by atoms with Crippen LogP contribution in [0.1, 0.15) is 76.9 Å². The molecule has 2 nitrogen and oxygen atoms in total. The lowest BCUT2D eigenvalue weighted by Crippen LogP contribution is -2.42. The highest BCUT2D eigenvalue weighted by atomic mass is 32.1. The van der Waals surface area contributed by atoms with Gasteiger partial charge in [0.05, 0.1) is 11.2 Å². The maximum atomic E-state index is 4.88. The number of nitrogens with zero attached hydrogens (tertiary/aromatic N) is 1. The summed E-state index contributed by atoms with van der Waals surface area (Å²) >= 11 is 1.83. The van der Waals surface area contributed by atoms with Crippen molar-refractivity contribution in [3.8, 4) is 0 Å². The highest BCUT2D eigenvalue weighted by Crippen LogP contribution is 2.33. The molecule has 1 heterocycles. The van der Waals surface area contributed by atoms with Crippen molar-refractivity contribution in [2.45, 2.75) is 71.8 Å². The summed E-state index contributed by atoms with van der Waals surface area (Å²) in [6, 6.07) is 0. The molecule has 0 radical (unpaired) electrons. The average Bonchev–Trinajstić information content (AvgIpc) is 2.85. The Hall–Kier alpha value is -0.410. The maximum Gasteiger partial charge on any atom is 0.113 e. The highest BCUT2D eigenvalue weighted by molar-refractivity contribution is 7.09. The standard InChI is InChI=1S/C15H28N2S/c1-6-9-15(8-3,16-10-7-2)14-17-13(11-18-14)12(4)5/h11-12,16H,6-10H2,1-5H3. The summed E-state index contributed by atoms with van der Waals surface area (Å²) in [7, 11) is 0. The number of nitrogens with one attached hydrogen (secondary N) is 1. The van der Waals surface area contributed by atoms with Crippen molar-refractivity contribution in [3.63, 3.8) is 0 Å². The molecule has 0 saturated carbocycles. The van der Waals surface area contributed by atoms with Gasteiger partial charge in [0.25, 0.3) is 0 Å². The number of hydrogen-bond donors (Lipinski definition) is 1. The first-order valence-corrected chi connectivity index (χ1v) is 8.18. The van der Waals surface area contributed by atoms with Crippen LogP contribution in [-0.2, 0) is 5.54 Å². The Morgan fingerprint density at radius 2 is 2.00 bits per heavy atom. The summed E-state index contributed by atoms with van der Waals surface area (Å²) in [5.74, 6) is 0.525.